The first-order chi connectivity index (χ1) is 11.1. The van der Waals surface area contributed by atoms with Crippen molar-refractivity contribution in [2.75, 3.05) is 6.61 Å². The zero-order valence-electron chi connectivity index (χ0n) is 13.5. The van der Waals surface area contributed by atoms with Crippen LogP contribution in [-0.4, -0.2) is 47.2 Å². The largest absolute Gasteiger partial charge is 0.457 e. The topological polar surface area (TPSA) is 72.8 Å². The second-order valence-electron chi connectivity index (χ2n) is 6.34. The van der Waals surface area contributed by atoms with Crippen LogP contribution in [0.25, 0.3) is 0 Å². The quantitative estimate of drug-likeness (QED) is 0.587. The molecule has 0 unspecified atom stereocenters. The molecular weight excluding hydrogens is 362 g/mol. The molecule has 0 aromatic rings. The SMILES string of the molecule is CC(C)(OC(=O)COC(=O)C(O)(C(F)(F)F)C(F)(F)F)C1CCCC1. The van der Waals surface area contributed by atoms with Gasteiger partial charge in [0.2, 0.25) is 0 Å². The molecule has 5 nitrogen and oxygen atoms in total. The van der Waals surface area contributed by atoms with E-state index in [2.05, 4.69) is 4.74 Å². The van der Waals surface area contributed by atoms with Crippen molar-refractivity contribution in [3.05, 3.63) is 0 Å². The van der Waals surface area contributed by atoms with Gasteiger partial charge in [-0.3, -0.25) is 0 Å². The van der Waals surface area contributed by atoms with Crippen LogP contribution < -0.4 is 0 Å². The number of halogens is 6. The molecule has 0 saturated heterocycles. The van der Waals surface area contributed by atoms with Crippen LogP contribution in [0.5, 0.6) is 0 Å². The zero-order valence-corrected chi connectivity index (χ0v) is 13.5. The number of esters is 2. The van der Waals surface area contributed by atoms with Crippen molar-refractivity contribution < 1.29 is 50.5 Å². The molecule has 146 valence electrons. The van der Waals surface area contributed by atoms with E-state index in [1.807, 2.05) is 0 Å². The van der Waals surface area contributed by atoms with E-state index in [0.29, 0.717) is 0 Å². The first-order valence-corrected chi connectivity index (χ1v) is 7.38. The van der Waals surface area contributed by atoms with Crippen molar-refractivity contribution >= 4 is 11.9 Å². The van der Waals surface area contributed by atoms with E-state index < -0.39 is 42.1 Å². The van der Waals surface area contributed by atoms with Crippen LogP contribution in [0, 0.1) is 5.92 Å². The van der Waals surface area contributed by atoms with Crippen LogP contribution in [0.15, 0.2) is 0 Å². The van der Waals surface area contributed by atoms with E-state index in [9.17, 15) is 35.9 Å². The van der Waals surface area contributed by atoms with Crippen molar-refractivity contribution in [1.29, 1.82) is 0 Å². The third-order valence-corrected chi connectivity index (χ3v) is 4.15. The average molecular weight is 380 g/mol. The fourth-order valence-electron chi connectivity index (χ4n) is 2.65. The molecular formula is C14H18F6O5. The number of aliphatic hydroxyl groups is 1. The molecule has 0 bridgehead atoms. The Labute approximate surface area is 139 Å². The van der Waals surface area contributed by atoms with E-state index in [0.717, 1.165) is 25.7 Å². The summed E-state index contributed by atoms with van der Waals surface area (Å²) < 4.78 is 83.5. The van der Waals surface area contributed by atoms with Crippen LogP contribution in [0.1, 0.15) is 39.5 Å². The van der Waals surface area contributed by atoms with Gasteiger partial charge >= 0.3 is 29.9 Å². The van der Waals surface area contributed by atoms with E-state index in [4.69, 9.17) is 9.84 Å². The van der Waals surface area contributed by atoms with E-state index >= 15 is 0 Å². The van der Waals surface area contributed by atoms with Gasteiger partial charge in [0, 0.05) is 0 Å². The Bertz CT molecular complexity index is 491. The van der Waals surface area contributed by atoms with Crippen molar-refractivity contribution in [3.63, 3.8) is 0 Å². The molecule has 0 heterocycles. The summed E-state index contributed by atoms with van der Waals surface area (Å²) in [6, 6.07) is 0. The van der Waals surface area contributed by atoms with Crippen molar-refractivity contribution in [2.45, 2.75) is 63.1 Å². The number of hydrogen-bond acceptors (Lipinski definition) is 5. The Kier molecular flexibility index (Phi) is 6.03. The van der Waals surface area contributed by atoms with Gasteiger partial charge in [-0.15, -0.1) is 0 Å². The monoisotopic (exact) mass is 380 g/mol. The third-order valence-electron chi connectivity index (χ3n) is 4.15. The van der Waals surface area contributed by atoms with Crippen molar-refractivity contribution in [2.24, 2.45) is 5.92 Å². The number of rotatable bonds is 5. The van der Waals surface area contributed by atoms with Crippen LogP contribution in [0.4, 0.5) is 26.3 Å². The molecule has 0 spiro atoms. The Morgan fingerprint density at radius 2 is 1.44 bits per heavy atom. The maximum Gasteiger partial charge on any atom is 0.437 e. The first kappa shape index (κ1) is 21.5. The number of carbonyl (C=O) groups is 2. The number of hydrogen-bond donors (Lipinski definition) is 1. The summed E-state index contributed by atoms with van der Waals surface area (Å²) in [5, 5.41) is 8.79. The van der Waals surface area contributed by atoms with Crippen LogP contribution in [-0.2, 0) is 19.1 Å². The predicted molar refractivity (Wildman–Crippen MR) is 70.1 cm³/mol. The van der Waals surface area contributed by atoms with Crippen LogP contribution in [0.3, 0.4) is 0 Å². The minimum Gasteiger partial charge on any atom is -0.457 e. The second kappa shape index (κ2) is 7.00. The molecule has 1 aliphatic rings. The molecule has 1 rings (SSSR count). The van der Waals surface area contributed by atoms with Crippen LogP contribution in [0.2, 0.25) is 0 Å². The Morgan fingerprint density at radius 3 is 1.84 bits per heavy atom. The van der Waals surface area contributed by atoms with Gasteiger partial charge in [-0.05, 0) is 32.6 Å². The fraction of sp³-hybridized carbons (Fsp3) is 0.857. The lowest BCUT2D eigenvalue weighted by molar-refractivity contribution is -0.356. The number of ether oxygens (including phenoxy) is 2. The fourth-order valence-corrected chi connectivity index (χ4v) is 2.65. The van der Waals surface area contributed by atoms with E-state index in [1.165, 1.54) is 0 Å². The summed E-state index contributed by atoms with van der Waals surface area (Å²) >= 11 is 0. The Balaban J connectivity index is 2.72. The molecule has 25 heavy (non-hydrogen) atoms. The summed E-state index contributed by atoms with van der Waals surface area (Å²) in [4.78, 5) is 22.8. The molecule has 0 radical (unpaired) electrons. The minimum absolute atomic E-state index is 0.0190. The number of alkyl halides is 6. The van der Waals surface area contributed by atoms with Gasteiger partial charge in [0.25, 0.3) is 0 Å². The first-order valence-electron chi connectivity index (χ1n) is 7.38. The van der Waals surface area contributed by atoms with Crippen molar-refractivity contribution in [1.82, 2.24) is 0 Å². The molecule has 0 aromatic heterocycles. The average Bonchev–Trinajstić information content (AvgIpc) is 2.95. The molecule has 0 aliphatic heterocycles. The maximum absolute atomic E-state index is 12.5. The standard InChI is InChI=1S/C14H18F6O5/c1-11(2,8-5-3-4-6-8)25-9(21)7-24-10(22)12(23,13(15,16)17)14(18,19)20/h8,23H,3-7H2,1-2H3. The molecule has 1 N–H and O–H groups in total. The highest BCUT2D eigenvalue weighted by Crippen LogP contribution is 2.44. The summed E-state index contributed by atoms with van der Waals surface area (Å²) in [7, 11) is 0. The highest BCUT2D eigenvalue weighted by Gasteiger charge is 2.76. The second-order valence-corrected chi connectivity index (χ2v) is 6.34. The predicted octanol–water partition coefficient (Wildman–Crippen LogP) is 2.90. The zero-order chi connectivity index (χ0) is 19.7. The lowest BCUT2D eigenvalue weighted by atomic mass is 9.89. The van der Waals surface area contributed by atoms with Gasteiger partial charge in [-0.2, -0.15) is 26.3 Å². The van der Waals surface area contributed by atoms with E-state index in [-0.39, 0.29) is 5.92 Å². The summed E-state index contributed by atoms with van der Waals surface area (Å²) in [5.41, 5.74) is -6.73. The molecule has 0 atom stereocenters. The van der Waals surface area contributed by atoms with Crippen LogP contribution >= 0.6 is 0 Å². The van der Waals surface area contributed by atoms with Gasteiger partial charge in [-0.25, -0.2) is 9.59 Å². The lowest BCUT2D eigenvalue weighted by Crippen LogP contribution is -2.63. The minimum atomic E-state index is -6.37. The summed E-state index contributed by atoms with van der Waals surface area (Å²) in [6.45, 7) is 1.61. The third kappa shape index (κ3) is 4.56. The molecule has 11 heteroatoms. The Morgan fingerprint density at radius 1 is 1.00 bits per heavy atom. The summed E-state index contributed by atoms with van der Waals surface area (Å²) in [6.07, 6.45) is -9.41. The van der Waals surface area contributed by atoms with Gasteiger partial charge in [0.05, 0.1) is 0 Å². The molecule has 1 aliphatic carbocycles. The highest BCUT2D eigenvalue weighted by molar-refractivity contribution is 5.84. The van der Waals surface area contributed by atoms with Gasteiger partial charge in [0.15, 0.2) is 6.61 Å². The van der Waals surface area contributed by atoms with Crippen molar-refractivity contribution in [3.8, 4) is 0 Å². The maximum atomic E-state index is 12.5. The highest BCUT2D eigenvalue weighted by atomic mass is 19.4. The lowest BCUT2D eigenvalue weighted by Gasteiger charge is -2.32. The van der Waals surface area contributed by atoms with Gasteiger partial charge in [-0.1, -0.05) is 12.8 Å². The molecule has 1 saturated carbocycles. The molecule has 1 fully saturated rings. The number of carbonyl (C=O) groups excluding carboxylic acids is 2. The van der Waals surface area contributed by atoms with Gasteiger partial charge < -0.3 is 14.6 Å². The van der Waals surface area contributed by atoms with Gasteiger partial charge in [0.1, 0.15) is 5.60 Å². The summed E-state index contributed by atoms with van der Waals surface area (Å²) in [5.74, 6) is -4.37. The molecule has 0 aromatic carbocycles. The normalized spacial score (nSPS) is 17.5. The van der Waals surface area contributed by atoms with E-state index in [1.54, 1.807) is 13.8 Å². The Hall–Kier alpha value is -1.52. The smallest absolute Gasteiger partial charge is 0.437 e. The molecule has 0 amide bonds.